The first-order chi connectivity index (χ1) is 10.1. The van der Waals surface area contributed by atoms with E-state index in [0.717, 1.165) is 42.4 Å². The molecule has 1 aliphatic heterocycles. The van der Waals surface area contributed by atoms with Gasteiger partial charge in [-0.15, -0.1) is 0 Å². The highest BCUT2D eigenvalue weighted by molar-refractivity contribution is 5.96. The predicted octanol–water partition coefficient (Wildman–Crippen LogP) is 1.53. The van der Waals surface area contributed by atoms with Crippen LogP contribution in [0.15, 0.2) is 18.2 Å². The number of nitrogens with one attached hydrogen (secondary N) is 2. The lowest BCUT2D eigenvalue weighted by atomic mass is 10.1. The molecule has 5 nitrogen and oxygen atoms in total. The van der Waals surface area contributed by atoms with E-state index in [-0.39, 0.29) is 11.8 Å². The van der Waals surface area contributed by atoms with Gasteiger partial charge >= 0.3 is 0 Å². The molecule has 0 bridgehead atoms. The summed E-state index contributed by atoms with van der Waals surface area (Å²) in [4.78, 5) is 25.1. The van der Waals surface area contributed by atoms with Gasteiger partial charge in [-0.25, -0.2) is 0 Å². The molecule has 0 unspecified atom stereocenters. The number of carbonyl (C=O) groups is 2. The van der Waals surface area contributed by atoms with Gasteiger partial charge in [-0.1, -0.05) is 0 Å². The van der Waals surface area contributed by atoms with Crippen molar-refractivity contribution in [3.63, 3.8) is 0 Å². The van der Waals surface area contributed by atoms with Crippen molar-refractivity contribution < 1.29 is 9.59 Å². The van der Waals surface area contributed by atoms with Gasteiger partial charge in [0.25, 0.3) is 0 Å². The second-order valence-corrected chi connectivity index (χ2v) is 5.89. The average molecular weight is 287 g/mol. The van der Waals surface area contributed by atoms with E-state index >= 15 is 0 Å². The van der Waals surface area contributed by atoms with E-state index in [1.807, 2.05) is 18.2 Å². The summed E-state index contributed by atoms with van der Waals surface area (Å²) in [7, 11) is 0. The van der Waals surface area contributed by atoms with Crippen molar-refractivity contribution in [2.45, 2.75) is 26.2 Å². The van der Waals surface area contributed by atoms with Crippen LogP contribution in [0.1, 0.15) is 25.3 Å². The number of hydrogen-bond donors (Lipinski definition) is 2. The fourth-order valence-electron chi connectivity index (χ4n) is 2.72. The molecule has 3 rings (SSSR count). The number of amides is 2. The Hall–Kier alpha value is -1.88. The van der Waals surface area contributed by atoms with Gasteiger partial charge in [0, 0.05) is 24.8 Å². The number of anilines is 2. The van der Waals surface area contributed by atoms with E-state index < -0.39 is 0 Å². The molecule has 1 aliphatic carbocycles. The van der Waals surface area contributed by atoms with E-state index in [1.165, 1.54) is 12.8 Å². The van der Waals surface area contributed by atoms with Crippen LogP contribution >= 0.6 is 0 Å². The maximum atomic E-state index is 11.8. The van der Waals surface area contributed by atoms with Crippen LogP contribution in [0.5, 0.6) is 0 Å². The SMILES string of the molecule is CC(=O)N1CCc2cc(NC(=O)CNCC3CC3)ccc21. The second-order valence-electron chi connectivity index (χ2n) is 5.89. The summed E-state index contributed by atoms with van der Waals surface area (Å²) in [5, 5.41) is 6.08. The molecule has 5 heteroatoms. The fourth-order valence-corrected chi connectivity index (χ4v) is 2.72. The third kappa shape index (κ3) is 3.42. The molecule has 1 heterocycles. The first-order valence-corrected chi connectivity index (χ1v) is 7.55. The topological polar surface area (TPSA) is 61.4 Å². The minimum atomic E-state index is -0.0166. The van der Waals surface area contributed by atoms with E-state index in [4.69, 9.17) is 0 Å². The fraction of sp³-hybridized carbons (Fsp3) is 0.500. The number of rotatable bonds is 5. The minimum Gasteiger partial charge on any atom is -0.325 e. The summed E-state index contributed by atoms with van der Waals surface area (Å²) in [5.41, 5.74) is 2.89. The van der Waals surface area contributed by atoms with E-state index in [0.29, 0.717) is 6.54 Å². The minimum absolute atomic E-state index is 0.0166. The lowest BCUT2D eigenvalue weighted by Gasteiger charge is -2.15. The van der Waals surface area contributed by atoms with Gasteiger partial charge in [-0.05, 0) is 55.5 Å². The zero-order chi connectivity index (χ0) is 14.8. The summed E-state index contributed by atoms with van der Waals surface area (Å²) in [5.74, 6) is 0.821. The monoisotopic (exact) mass is 287 g/mol. The average Bonchev–Trinajstić information content (AvgIpc) is 3.16. The summed E-state index contributed by atoms with van der Waals surface area (Å²) in [6.07, 6.45) is 3.41. The van der Waals surface area contributed by atoms with Crippen molar-refractivity contribution >= 4 is 23.2 Å². The Morgan fingerprint density at radius 2 is 2.14 bits per heavy atom. The van der Waals surface area contributed by atoms with Gasteiger partial charge in [0.2, 0.25) is 11.8 Å². The normalized spacial score (nSPS) is 16.7. The Morgan fingerprint density at radius 1 is 1.33 bits per heavy atom. The van der Waals surface area contributed by atoms with Gasteiger partial charge in [-0.3, -0.25) is 9.59 Å². The molecule has 0 spiro atoms. The maximum absolute atomic E-state index is 11.8. The van der Waals surface area contributed by atoms with Crippen LogP contribution in [-0.2, 0) is 16.0 Å². The highest BCUT2D eigenvalue weighted by Crippen LogP contribution is 2.30. The molecule has 1 fully saturated rings. The molecular weight excluding hydrogens is 266 g/mol. The molecule has 2 N–H and O–H groups in total. The van der Waals surface area contributed by atoms with Gasteiger partial charge in [0.1, 0.15) is 0 Å². The first-order valence-electron chi connectivity index (χ1n) is 7.55. The van der Waals surface area contributed by atoms with Crippen LogP contribution in [0.2, 0.25) is 0 Å². The smallest absolute Gasteiger partial charge is 0.238 e. The lowest BCUT2D eigenvalue weighted by Crippen LogP contribution is -2.29. The van der Waals surface area contributed by atoms with E-state index in [1.54, 1.807) is 11.8 Å². The number of hydrogen-bond acceptors (Lipinski definition) is 3. The van der Waals surface area contributed by atoms with Gasteiger partial charge in [-0.2, -0.15) is 0 Å². The highest BCUT2D eigenvalue weighted by atomic mass is 16.2. The Balaban J connectivity index is 1.56. The third-order valence-electron chi connectivity index (χ3n) is 4.05. The molecule has 1 aromatic carbocycles. The van der Waals surface area contributed by atoms with Crippen LogP contribution < -0.4 is 15.5 Å². The molecule has 1 saturated carbocycles. The summed E-state index contributed by atoms with van der Waals surface area (Å²) in [6.45, 7) is 3.60. The molecule has 21 heavy (non-hydrogen) atoms. The standard InChI is InChI=1S/C16H21N3O2/c1-11(20)19-7-6-13-8-14(4-5-15(13)19)18-16(21)10-17-9-12-2-3-12/h4-5,8,12,17H,2-3,6-7,9-10H2,1H3,(H,18,21). The number of fused-ring (bicyclic) bond motifs is 1. The molecule has 0 aromatic heterocycles. The van der Waals surface area contributed by atoms with Crippen LogP contribution in [0.4, 0.5) is 11.4 Å². The van der Waals surface area contributed by atoms with Crippen molar-refractivity contribution in [3.8, 4) is 0 Å². The number of nitrogens with zero attached hydrogens (tertiary/aromatic N) is 1. The molecule has 0 saturated heterocycles. The highest BCUT2D eigenvalue weighted by Gasteiger charge is 2.22. The largest absolute Gasteiger partial charge is 0.325 e. The van der Waals surface area contributed by atoms with Crippen molar-refractivity contribution in [2.24, 2.45) is 5.92 Å². The Labute approximate surface area is 124 Å². The number of carbonyl (C=O) groups excluding carboxylic acids is 2. The Bertz CT molecular complexity index is 567. The van der Waals surface area contributed by atoms with Crippen molar-refractivity contribution in [1.82, 2.24) is 5.32 Å². The van der Waals surface area contributed by atoms with Crippen molar-refractivity contribution in [3.05, 3.63) is 23.8 Å². The number of benzene rings is 1. The zero-order valence-electron chi connectivity index (χ0n) is 12.3. The maximum Gasteiger partial charge on any atom is 0.238 e. The molecular formula is C16H21N3O2. The van der Waals surface area contributed by atoms with Gasteiger partial charge < -0.3 is 15.5 Å². The van der Waals surface area contributed by atoms with Gasteiger partial charge in [0.05, 0.1) is 6.54 Å². The molecule has 2 amide bonds. The summed E-state index contributed by atoms with van der Waals surface area (Å²) < 4.78 is 0. The van der Waals surface area contributed by atoms with Crippen molar-refractivity contribution in [2.75, 3.05) is 29.9 Å². The summed E-state index contributed by atoms with van der Waals surface area (Å²) >= 11 is 0. The first kappa shape index (κ1) is 14.1. The molecule has 0 atom stereocenters. The zero-order valence-corrected chi connectivity index (χ0v) is 12.3. The predicted molar refractivity (Wildman–Crippen MR) is 82.4 cm³/mol. The lowest BCUT2D eigenvalue weighted by molar-refractivity contribution is -0.116. The van der Waals surface area contributed by atoms with E-state index in [2.05, 4.69) is 10.6 Å². The van der Waals surface area contributed by atoms with Gasteiger partial charge in [0.15, 0.2) is 0 Å². The molecule has 0 radical (unpaired) electrons. The Kier molecular flexibility index (Phi) is 3.92. The van der Waals surface area contributed by atoms with Crippen LogP contribution in [0, 0.1) is 5.92 Å². The van der Waals surface area contributed by atoms with E-state index in [9.17, 15) is 9.59 Å². The molecule has 2 aliphatic rings. The van der Waals surface area contributed by atoms with Crippen molar-refractivity contribution in [1.29, 1.82) is 0 Å². The van der Waals surface area contributed by atoms with Crippen LogP contribution in [0.3, 0.4) is 0 Å². The third-order valence-corrected chi connectivity index (χ3v) is 4.05. The molecule has 112 valence electrons. The summed E-state index contributed by atoms with van der Waals surface area (Å²) in [6, 6.07) is 5.74. The quantitative estimate of drug-likeness (QED) is 0.863. The Morgan fingerprint density at radius 3 is 2.86 bits per heavy atom. The van der Waals surface area contributed by atoms with Crippen LogP contribution in [-0.4, -0.2) is 31.4 Å². The van der Waals surface area contributed by atoms with Crippen LogP contribution in [0.25, 0.3) is 0 Å². The second kappa shape index (κ2) is 5.85. The molecule has 1 aromatic rings.